The number of anilines is 1. The SMILES string of the molecule is COC(=O)c1cccc(NC(=O)CCCn2c(=O)oc3cc([N+](=O)[O-])ccc32)c1. The molecule has 3 aromatic rings. The van der Waals surface area contributed by atoms with Gasteiger partial charge in [-0.1, -0.05) is 6.07 Å². The van der Waals surface area contributed by atoms with Gasteiger partial charge in [0.25, 0.3) is 5.69 Å². The molecular weight excluding hydrogens is 382 g/mol. The number of methoxy groups -OCH3 is 1. The Hall–Kier alpha value is -3.95. The number of nitrogens with zero attached hydrogens (tertiary/aromatic N) is 2. The van der Waals surface area contributed by atoms with Gasteiger partial charge in [0, 0.05) is 24.7 Å². The van der Waals surface area contributed by atoms with Crippen LogP contribution in [0.1, 0.15) is 23.2 Å². The minimum absolute atomic E-state index is 0.119. The van der Waals surface area contributed by atoms with Gasteiger partial charge in [-0.15, -0.1) is 0 Å². The van der Waals surface area contributed by atoms with Crippen molar-refractivity contribution in [1.82, 2.24) is 4.57 Å². The molecule has 10 heteroatoms. The Morgan fingerprint density at radius 2 is 2.03 bits per heavy atom. The number of nitrogens with one attached hydrogen (secondary N) is 1. The molecule has 1 amide bonds. The summed E-state index contributed by atoms with van der Waals surface area (Å²) in [5.74, 6) is -1.44. The lowest BCUT2D eigenvalue weighted by molar-refractivity contribution is -0.384. The standard InChI is InChI=1S/C19H17N3O7/c1-28-18(24)12-4-2-5-13(10-12)20-17(23)6-3-9-21-15-8-7-14(22(26)27)11-16(15)29-19(21)25/h2,4-5,7-8,10-11H,3,6,9H2,1H3,(H,20,23). The van der Waals surface area contributed by atoms with Gasteiger partial charge in [-0.05, 0) is 30.7 Å². The Kier molecular flexibility index (Phi) is 5.72. The smallest absolute Gasteiger partial charge is 0.419 e. The number of carbonyl (C=O) groups excluding carboxylic acids is 2. The maximum atomic E-state index is 12.1. The van der Waals surface area contributed by atoms with Gasteiger partial charge in [-0.25, -0.2) is 9.59 Å². The van der Waals surface area contributed by atoms with Crippen LogP contribution in [0.15, 0.2) is 51.7 Å². The van der Waals surface area contributed by atoms with E-state index in [4.69, 9.17) is 4.42 Å². The molecule has 0 spiro atoms. The Bertz CT molecular complexity index is 1150. The molecule has 0 bridgehead atoms. The summed E-state index contributed by atoms with van der Waals surface area (Å²) in [5, 5.41) is 13.5. The van der Waals surface area contributed by atoms with E-state index in [2.05, 4.69) is 10.1 Å². The maximum absolute atomic E-state index is 12.1. The summed E-state index contributed by atoms with van der Waals surface area (Å²) < 4.78 is 11.0. The molecular formula is C19H17N3O7. The van der Waals surface area contributed by atoms with Gasteiger partial charge in [0.2, 0.25) is 5.91 Å². The molecule has 0 atom stereocenters. The highest BCUT2D eigenvalue weighted by atomic mass is 16.6. The summed E-state index contributed by atoms with van der Waals surface area (Å²) in [7, 11) is 1.27. The first-order valence-electron chi connectivity index (χ1n) is 8.65. The Labute approximate surface area is 163 Å². The number of carbonyl (C=O) groups is 2. The molecule has 0 unspecified atom stereocenters. The zero-order valence-electron chi connectivity index (χ0n) is 15.4. The van der Waals surface area contributed by atoms with Gasteiger partial charge < -0.3 is 14.5 Å². The zero-order valence-corrected chi connectivity index (χ0v) is 15.4. The molecule has 0 radical (unpaired) electrons. The number of ether oxygens (including phenoxy) is 1. The minimum atomic E-state index is -0.647. The second-order valence-corrected chi connectivity index (χ2v) is 6.15. The van der Waals surface area contributed by atoms with Crippen LogP contribution in [0, 0.1) is 10.1 Å². The molecule has 1 aromatic heterocycles. The van der Waals surface area contributed by atoms with Gasteiger partial charge >= 0.3 is 11.7 Å². The summed E-state index contributed by atoms with van der Waals surface area (Å²) in [5.41, 5.74) is 1.14. The van der Waals surface area contributed by atoms with Crippen LogP contribution in [-0.4, -0.2) is 28.5 Å². The van der Waals surface area contributed by atoms with Crippen LogP contribution < -0.4 is 11.1 Å². The largest absolute Gasteiger partial charge is 0.465 e. The second kappa shape index (κ2) is 8.38. The third-order valence-corrected chi connectivity index (χ3v) is 4.22. The van der Waals surface area contributed by atoms with Gasteiger partial charge in [-0.2, -0.15) is 0 Å². The normalized spacial score (nSPS) is 10.7. The van der Waals surface area contributed by atoms with Crippen molar-refractivity contribution in [3.8, 4) is 0 Å². The first-order chi connectivity index (χ1) is 13.9. The van der Waals surface area contributed by atoms with Crippen molar-refractivity contribution in [2.24, 2.45) is 0 Å². The molecule has 0 aliphatic heterocycles. The molecule has 0 saturated carbocycles. The fourth-order valence-corrected chi connectivity index (χ4v) is 2.84. The van der Waals surface area contributed by atoms with Crippen molar-refractivity contribution >= 4 is 34.4 Å². The quantitative estimate of drug-likeness (QED) is 0.367. The number of amides is 1. The average Bonchev–Trinajstić information content (AvgIpc) is 3.02. The number of hydrogen-bond acceptors (Lipinski definition) is 7. The molecule has 0 aliphatic carbocycles. The van der Waals surface area contributed by atoms with Crippen LogP contribution in [-0.2, 0) is 16.1 Å². The van der Waals surface area contributed by atoms with Crippen LogP contribution >= 0.6 is 0 Å². The number of aryl methyl sites for hydroxylation is 1. The fourth-order valence-electron chi connectivity index (χ4n) is 2.84. The Balaban J connectivity index is 1.62. The lowest BCUT2D eigenvalue weighted by atomic mass is 10.2. The van der Waals surface area contributed by atoms with Gasteiger partial charge in [0.1, 0.15) is 0 Å². The number of fused-ring (bicyclic) bond motifs is 1. The Morgan fingerprint density at radius 3 is 2.76 bits per heavy atom. The van der Waals surface area contributed by atoms with E-state index in [0.29, 0.717) is 23.2 Å². The van der Waals surface area contributed by atoms with E-state index in [-0.39, 0.29) is 30.1 Å². The highest BCUT2D eigenvalue weighted by Crippen LogP contribution is 2.20. The highest BCUT2D eigenvalue weighted by molar-refractivity contribution is 5.94. The number of nitro benzene ring substituents is 1. The lowest BCUT2D eigenvalue weighted by Gasteiger charge is -2.07. The summed E-state index contributed by atoms with van der Waals surface area (Å²) in [6.07, 6.45) is 0.461. The van der Waals surface area contributed by atoms with E-state index in [1.165, 1.54) is 35.9 Å². The predicted molar refractivity (Wildman–Crippen MR) is 103 cm³/mol. The van der Waals surface area contributed by atoms with E-state index < -0.39 is 16.6 Å². The maximum Gasteiger partial charge on any atom is 0.419 e. The van der Waals surface area contributed by atoms with Crippen LogP contribution in [0.2, 0.25) is 0 Å². The van der Waals surface area contributed by atoms with Crippen molar-refractivity contribution in [3.05, 3.63) is 68.7 Å². The Morgan fingerprint density at radius 1 is 1.24 bits per heavy atom. The van der Waals surface area contributed by atoms with Crippen LogP contribution in [0.5, 0.6) is 0 Å². The third kappa shape index (κ3) is 4.49. The number of nitro groups is 1. The molecule has 1 heterocycles. The monoisotopic (exact) mass is 399 g/mol. The van der Waals surface area contributed by atoms with Crippen molar-refractivity contribution in [1.29, 1.82) is 0 Å². The van der Waals surface area contributed by atoms with Gasteiger partial charge in [0.15, 0.2) is 5.58 Å². The van der Waals surface area contributed by atoms with E-state index >= 15 is 0 Å². The lowest BCUT2D eigenvalue weighted by Crippen LogP contribution is -2.17. The first kappa shape index (κ1) is 19.8. The topological polar surface area (TPSA) is 134 Å². The second-order valence-electron chi connectivity index (χ2n) is 6.15. The van der Waals surface area contributed by atoms with E-state index in [1.807, 2.05) is 0 Å². The van der Waals surface area contributed by atoms with Crippen molar-refractivity contribution in [3.63, 3.8) is 0 Å². The first-order valence-corrected chi connectivity index (χ1v) is 8.65. The fraction of sp³-hybridized carbons (Fsp3) is 0.211. The molecule has 150 valence electrons. The van der Waals surface area contributed by atoms with Crippen LogP contribution in [0.3, 0.4) is 0 Å². The molecule has 0 aliphatic rings. The molecule has 0 saturated heterocycles. The number of oxazole rings is 1. The van der Waals surface area contributed by atoms with Crippen LogP contribution in [0.25, 0.3) is 11.1 Å². The van der Waals surface area contributed by atoms with Crippen molar-refractivity contribution in [2.45, 2.75) is 19.4 Å². The van der Waals surface area contributed by atoms with E-state index in [1.54, 1.807) is 18.2 Å². The average molecular weight is 399 g/mol. The molecule has 3 rings (SSSR count). The molecule has 0 fully saturated rings. The zero-order chi connectivity index (χ0) is 21.0. The molecule has 1 N–H and O–H groups in total. The summed E-state index contributed by atoms with van der Waals surface area (Å²) in [4.78, 5) is 45.9. The van der Waals surface area contributed by atoms with Crippen molar-refractivity contribution < 1.29 is 23.7 Å². The van der Waals surface area contributed by atoms with Gasteiger partial charge in [0.05, 0.1) is 29.2 Å². The minimum Gasteiger partial charge on any atom is -0.465 e. The predicted octanol–water partition coefficient (Wildman–Crippen LogP) is 2.71. The van der Waals surface area contributed by atoms with E-state index in [0.717, 1.165) is 0 Å². The number of esters is 1. The molecule has 10 nitrogen and oxygen atoms in total. The number of non-ortho nitro benzene ring substituents is 1. The number of hydrogen-bond donors (Lipinski definition) is 1. The highest BCUT2D eigenvalue weighted by Gasteiger charge is 2.14. The van der Waals surface area contributed by atoms with Crippen molar-refractivity contribution in [2.75, 3.05) is 12.4 Å². The number of aromatic nitrogens is 1. The van der Waals surface area contributed by atoms with E-state index in [9.17, 15) is 24.5 Å². The summed E-state index contributed by atoms with van der Waals surface area (Å²) in [6.45, 7) is 0.208. The number of rotatable bonds is 7. The van der Waals surface area contributed by atoms with Crippen LogP contribution in [0.4, 0.5) is 11.4 Å². The summed E-state index contributed by atoms with van der Waals surface area (Å²) in [6, 6.07) is 10.3. The number of benzene rings is 2. The third-order valence-electron chi connectivity index (χ3n) is 4.22. The molecule has 29 heavy (non-hydrogen) atoms. The summed E-state index contributed by atoms with van der Waals surface area (Å²) >= 11 is 0. The molecule has 2 aromatic carbocycles. The van der Waals surface area contributed by atoms with Gasteiger partial charge in [-0.3, -0.25) is 19.5 Å².